The molecule has 0 saturated carbocycles. The van der Waals surface area contributed by atoms with Crippen molar-refractivity contribution in [3.05, 3.63) is 45.3 Å². The van der Waals surface area contributed by atoms with Crippen molar-refractivity contribution >= 4 is 22.6 Å². The lowest BCUT2D eigenvalue weighted by molar-refractivity contribution is -0.139. The Bertz CT molecular complexity index is 601. The van der Waals surface area contributed by atoms with E-state index in [9.17, 15) is 18.0 Å². The van der Waals surface area contributed by atoms with Gasteiger partial charge in [0.05, 0.1) is 0 Å². The molecule has 0 saturated heterocycles. The zero-order chi connectivity index (χ0) is 11.9. The zero-order valence-corrected chi connectivity index (χ0v) is 8.39. The minimum absolute atomic E-state index is 0.0329. The number of hydrogen-bond acceptors (Lipinski definition) is 2. The Morgan fingerprint density at radius 3 is 2.50 bits per heavy atom. The molecule has 1 aromatic carbocycles. The lowest BCUT2D eigenvalue weighted by Crippen LogP contribution is -2.17. The first-order chi connectivity index (χ1) is 7.38. The van der Waals surface area contributed by atoms with Crippen molar-refractivity contribution in [2.24, 2.45) is 0 Å². The summed E-state index contributed by atoms with van der Waals surface area (Å²) in [5.41, 5.74) is -2.70. The smallest absolute Gasteiger partial charge is 0.422 e. The van der Waals surface area contributed by atoms with Crippen molar-refractivity contribution in [1.29, 1.82) is 0 Å². The molecule has 0 amide bonds. The summed E-state index contributed by atoms with van der Waals surface area (Å²) in [6.07, 6.45) is -4.71. The van der Waals surface area contributed by atoms with E-state index in [-0.39, 0.29) is 16.0 Å². The van der Waals surface area contributed by atoms with Crippen LogP contribution in [0.3, 0.4) is 0 Å². The van der Waals surface area contributed by atoms with Gasteiger partial charge in [-0.3, -0.25) is 0 Å². The summed E-state index contributed by atoms with van der Waals surface area (Å²) >= 11 is 5.62. The minimum Gasteiger partial charge on any atom is -0.422 e. The Morgan fingerprint density at radius 1 is 1.19 bits per heavy atom. The van der Waals surface area contributed by atoms with Gasteiger partial charge in [-0.25, -0.2) is 4.79 Å². The van der Waals surface area contributed by atoms with E-state index in [4.69, 9.17) is 11.6 Å². The third-order valence-corrected chi connectivity index (χ3v) is 2.24. The van der Waals surface area contributed by atoms with Gasteiger partial charge in [0.2, 0.25) is 0 Å². The number of fused-ring (bicyclic) bond motifs is 1. The molecule has 0 N–H and O–H groups in total. The van der Waals surface area contributed by atoms with Gasteiger partial charge in [0.15, 0.2) is 0 Å². The highest BCUT2D eigenvalue weighted by Gasteiger charge is 2.35. The Labute approximate surface area is 92.2 Å². The molecule has 2 rings (SSSR count). The van der Waals surface area contributed by atoms with Gasteiger partial charge in [-0.2, -0.15) is 13.2 Å². The fourth-order valence-corrected chi connectivity index (χ4v) is 1.44. The second kappa shape index (κ2) is 3.52. The van der Waals surface area contributed by atoms with Gasteiger partial charge in [-0.15, -0.1) is 0 Å². The molecule has 0 fully saturated rings. The van der Waals surface area contributed by atoms with Crippen LogP contribution in [0.2, 0.25) is 5.02 Å². The topological polar surface area (TPSA) is 30.2 Å². The first-order valence-electron chi connectivity index (χ1n) is 4.18. The molecule has 16 heavy (non-hydrogen) atoms. The standard InChI is InChI=1S/C10H4ClF3O2/c11-6-2-1-5-3-7(10(12,13)14)9(15)16-8(5)4-6/h1-4H. The van der Waals surface area contributed by atoms with Gasteiger partial charge in [-0.05, 0) is 18.2 Å². The SMILES string of the molecule is O=c1oc2cc(Cl)ccc2cc1C(F)(F)F. The van der Waals surface area contributed by atoms with Crippen molar-refractivity contribution in [3.63, 3.8) is 0 Å². The van der Waals surface area contributed by atoms with Gasteiger partial charge in [0.1, 0.15) is 11.1 Å². The molecule has 84 valence electrons. The van der Waals surface area contributed by atoms with E-state index in [2.05, 4.69) is 4.42 Å². The first kappa shape index (κ1) is 11.0. The highest BCUT2D eigenvalue weighted by Crippen LogP contribution is 2.29. The van der Waals surface area contributed by atoms with Gasteiger partial charge in [0, 0.05) is 16.5 Å². The van der Waals surface area contributed by atoms with Crippen molar-refractivity contribution in [2.75, 3.05) is 0 Å². The summed E-state index contributed by atoms with van der Waals surface area (Å²) < 4.78 is 41.6. The molecule has 6 heteroatoms. The molecule has 0 aliphatic carbocycles. The van der Waals surface area contributed by atoms with Crippen LogP contribution in [0.25, 0.3) is 11.0 Å². The van der Waals surface area contributed by atoms with E-state index in [1.54, 1.807) is 0 Å². The molecule has 1 aromatic heterocycles. The molecular formula is C10H4ClF3O2. The van der Waals surface area contributed by atoms with E-state index in [0.717, 1.165) is 6.07 Å². The molecule has 2 aromatic rings. The Morgan fingerprint density at radius 2 is 1.88 bits per heavy atom. The van der Waals surface area contributed by atoms with Gasteiger partial charge in [-0.1, -0.05) is 11.6 Å². The van der Waals surface area contributed by atoms with Crippen LogP contribution in [0.5, 0.6) is 0 Å². The van der Waals surface area contributed by atoms with Crippen LogP contribution in [0.1, 0.15) is 5.56 Å². The lowest BCUT2D eigenvalue weighted by atomic mass is 10.2. The molecular weight excluding hydrogens is 245 g/mol. The van der Waals surface area contributed by atoms with E-state index in [1.807, 2.05) is 0 Å². The third kappa shape index (κ3) is 1.90. The van der Waals surface area contributed by atoms with Gasteiger partial charge in [0.25, 0.3) is 0 Å². The highest BCUT2D eigenvalue weighted by molar-refractivity contribution is 6.31. The van der Waals surface area contributed by atoms with Crippen molar-refractivity contribution in [2.45, 2.75) is 6.18 Å². The normalized spacial score (nSPS) is 12.0. The Kier molecular flexibility index (Phi) is 2.42. The average Bonchev–Trinajstić information content (AvgIpc) is 2.14. The fraction of sp³-hybridized carbons (Fsp3) is 0.100. The molecule has 1 heterocycles. The predicted octanol–water partition coefficient (Wildman–Crippen LogP) is 3.47. The number of halogens is 4. The van der Waals surface area contributed by atoms with Crippen molar-refractivity contribution in [1.82, 2.24) is 0 Å². The molecule has 2 nitrogen and oxygen atoms in total. The van der Waals surface area contributed by atoms with Crippen LogP contribution in [0, 0.1) is 0 Å². The quantitative estimate of drug-likeness (QED) is 0.668. The second-order valence-corrected chi connectivity index (χ2v) is 3.56. The summed E-state index contributed by atoms with van der Waals surface area (Å²) in [4.78, 5) is 11.1. The van der Waals surface area contributed by atoms with Crippen LogP contribution in [0.4, 0.5) is 13.2 Å². The van der Waals surface area contributed by atoms with Crippen LogP contribution in [0.15, 0.2) is 33.5 Å². The van der Waals surface area contributed by atoms with Gasteiger partial charge < -0.3 is 4.42 Å². The second-order valence-electron chi connectivity index (χ2n) is 3.13. The maximum atomic E-state index is 12.4. The average molecular weight is 249 g/mol. The maximum Gasteiger partial charge on any atom is 0.423 e. The number of alkyl halides is 3. The lowest BCUT2D eigenvalue weighted by Gasteiger charge is -2.05. The molecule has 0 spiro atoms. The van der Waals surface area contributed by atoms with Crippen molar-refractivity contribution in [3.8, 4) is 0 Å². The van der Waals surface area contributed by atoms with Crippen LogP contribution in [-0.2, 0) is 6.18 Å². The van der Waals surface area contributed by atoms with E-state index >= 15 is 0 Å². The zero-order valence-electron chi connectivity index (χ0n) is 7.64. The summed E-state index contributed by atoms with van der Waals surface area (Å²) in [5, 5.41) is 0.465. The number of hydrogen-bond donors (Lipinski definition) is 0. The summed E-state index contributed by atoms with van der Waals surface area (Å²) in [6.45, 7) is 0. The Hall–Kier alpha value is -1.49. The van der Waals surface area contributed by atoms with Gasteiger partial charge >= 0.3 is 11.8 Å². The number of benzene rings is 1. The summed E-state index contributed by atoms with van der Waals surface area (Å²) in [7, 11) is 0. The van der Waals surface area contributed by atoms with Crippen molar-refractivity contribution < 1.29 is 17.6 Å². The molecule has 0 atom stereocenters. The monoisotopic (exact) mass is 248 g/mol. The number of rotatable bonds is 0. The molecule has 0 unspecified atom stereocenters. The highest BCUT2D eigenvalue weighted by atomic mass is 35.5. The third-order valence-electron chi connectivity index (χ3n) is 2.00. The summed E-state index contributed by atoms with van der Waals surface area (Å²) in [6, 6.07) is 4.82. The minimum atomic E-state index is -4.71. The molecule has 0 aliphatic rings. The molecule has 0 bridgehead atoms. The maximum absolute atomic E-state index is 12.4. The van der Waals surface area contributed by atoms with E-state index < -0.39 is 17.4 Å². The van der Waals surface area contributed by atoms with Crippen LogP contribution >= 0.6 is 11.6 Å². The van der Waals surface area contributed by atoms with Crippen LogP contribution < -0.4 is 5.63 Å². The fourth-order valence-electron chi connectivity index (χ4n) is 1.28. The van der Waals surface area contributed by atoms with E-state index in [1.165, 1.54) is 18.2 Å². The predicted molar refractivity (Wildman–Crippen MR) is 52.5 cm³/mol. The first-order valence-corrected chi connectivity index (χ1v) is 4.56. The Balaban J connectivity index is 2.78. The molecule has 0 aliphatic heterocycles. The van der Waals surface area contributed by atoms with E-state index in [0.29, 0.717) is 0 Å². The van der Waals surface area contributed by atoms with Crippen LogP contribution in [-0.4, -0.2) is 0 Å². The molecule has 0 radical (unpaired) electrons. The summed E-state index contributed by atoms with van der Waals surface area (Å²) in [5.74, 6) is 0. The largest absolute Gasteiger partial charge is 0.423 e.